The van der Waals surface area contributed by atoms with Crippen molar-refractivity contribution >= 4 is 18.4 Å². The number of benzene rings is 1. The molecule has 164 valence electrons. The van der Waals surface area contributed by atoms with Crippen LogP contribution in [0.3, 0.4) is 0 Å². The fraction of sp³-hybridized carbons (Fsp3) is 0.682. The van der Waals surface area contributed by atoms with E-state index in [4.69, 9.17) is 18.9 Å². The SMILES string of the molecule is COc1ccc(CCOC2CCCCC2N2CCC(OC(C)=O)C2)cc1OC.Cl. The number of methoxy groups -OCH3 is 2. The van der Waals surface area contributed by atoms with Crippen LogP contribution in [0.25, 0.3) is 0 Å². The molecule has 3 atom stereocenters. The van der Waals surface area contributed by atoms with Gasteiger partial charge >= 0.3 is 5.97 Å². The van der Waals surface area contributed by atoms with Gasteiger partial charge < -0.3 is 18.9 Å². The second kappa shape index (κ2) is 11.6. The molecule has 0 amide bonds. The lowest BCUT2D eigenvalue weighted by atomic mass is 9.91. The molecule has 1 aromatic carbocycles. The van der Waals surface area contributed by atoms with Gasteiger partial charge in [-0.1, -0.05) is 18.9 Å². The molecule has 29 heavy (non-hydrogen) atoms. The molecular weight excluding hydrogens is 394 g/mol. The van der Waals surface area contributed by atoms with Crippen molar-refractivity contribution in [2.24, 2.45) is 0 Å². The first-order chi connectivity index (χ1) is 13.6. The second-order valence-electron chi connectivity index (χ2n) is 7.72. The van der Waals surface area contributed by atoms with E-state index in [9.17, 15) is 4.79 Å². The summed E-state index contributed by atoms with van der Waals surface area (Å²) in [4.78, 5) is 13.7. The number of carbonyl (C=O) groups is 1. The minimum atomic E-state index is -0.182. The van der Waals surface area contributed by atoms with Gasteiger partial charge in [0.1, 0.15) is 6.10 Å². The van der Waals surface area contributed by atoms with Gasteiger partial charge in [-0.05, 0) is 43.4 Å². The van der Waals surface area contributed by atoms with Crippen molar-refractivity contribution in [1.29, 1.82) is 0 Å². The number of esters is 1. The maximum absolute atomic E-state index is 11.2. The fourth-order valence-corrected chi connectivity index (χ4v) is 4.44. The van der Waals surface area contributed by atoms with Gasteiger partial charge in [0.25, 0.3) is 0 Å². The van der Waals surface area contributed by atoms with Crippen LogP contribution in [0.1, 0.15) is 44.6 Å². The molecule has 2 fully saturated rings. The molecular formula is C22H34ClNO5. The number of nitrogens with zero attached hydrogens (tertiary/aromatic N) is 1. The van der Waals surface area contributed by atoms with Crippen molar-refractivity contribution in [3.8, 4) is 11.5 Å². The summed E-state index contributed by atoms with van der Waals surface area (Å²) >= 11 is 0. The van der Waals surface area contributed by atoms with Crippen LogP contribution in [0.15, 0.2) is 18.2 Å². The van der Waals surface area contributed by atoms with Crippen LogP contribution < -0.4 is 9.47 Å². The fourth-order valence-electron chi connectivity index (χ4n) is 4.44. The summed E-state index contributed by atoms with van der Waals surface area (Å²) in [5.74, 6) is 1.32. The van der Waals surface area contributed by atoms with Crippen molar-refractivity contribution in [3.63, 3.8) is 0 Å². The first kappa shape index (κ1) is 23.8. The quantitative estimate of drug-likeness (QED) is 0.590. The normalized spacial score (nSPS) is 24.6. The third-order valence-corrected chi connectivity index (χ3v) is 5.82. The molecule has 6 nitrogen and oxygen atoms in total. The Labute approximate surface area is 180 Å². The van der Waals surface area contributed by atoms with Crippen molar-refractivity contribution in [2.45, 2.75) is 63.7 Å². The molecule has 0 radical (unpaired) electrons. The van der Waals surface area contributed by atoms with Gasteiger partial charge in [-0.3, -0.25) is 9.69 Å². The zero-order valence-corrected chi connectivity index (χ0v) is 18.5. The summed E-state index contributed by atoms with van der Waals surface area (Å²) < 4.78 is 22.4. The predicted octanol–water partition coefficient (Wildman–Crippen LogP) is 3.63. The lowest BCUT2D eigenvalue weighted by Crippen LogP contribution is -2.46. The Balaban J connectivity index is 0.00000300. The number of ether oxygens (including phenoxy) is 4. The lowest BCUT2D eigenvalue weighted by Gasteiger charge is -2.37. The molecule has 1 aromatic rings. The molecule has 1 aliphatic heterocycles. The summed E-state index contributed by atoms with van der Waals surface area (Å²) in [6, 6.07) is 6.45. The molecule has 1 aliphatic carbocycles. The third kappa shape index (κ3) is 6.49. The molecule has 0 N–H and O–H groups in total. The minimum absolute atomic E-state index is 0. The Bertz CT molecular complexity index is 656. The number of halogens is 1. The van der Waals surface area contributed by atoms with Crippen LogP contribution in [0.4, 0.5) is 0 Å². The average molecular weight is 428 g/mol. The van der Waals surface area contributed by atoms with Gasteiger partial charge in [0, 0.05) is 26.1 Å². The minimum Gasteiger partial charge on any atom is -0.493 e. The van der Waals surface area contributed by atoms with Crippen LogP contribution >= 0.6 is 12.4 Å². The molecule has 0 aromatic heterocycles. The number of likely N-dealkylation sites (tertiary alicyclic amines) is 1. The Hall–Kier alpha value is -1.50. The van der Waals surface area contributed by atoms with E-state index in [1.807, 2.05) is 12.1 Å². The number of hydrogen-bond acceptors (Lipinski definition) is 6. The van der Waals surface area contributed by atoms with Gasteiger partial charge in [-0.25, -0.2) is 0 Å². The van der Waals surface area contributed by atoms with E-state index in [1.54, 1.807) is 14.2 Å². The van der Waals surface area contributed by atoms with E-state index in [0.29, 0.717) is 12.6 Å². The van der Waals surface area contributed by atoms with Gasteiger partial charge in [0.05, 0.1) is 26.9 Å². The summed E-state index contributed by atoms with van der Waals surface area (Å²) in [6.45, 7) is 4.00. The van der Waals surface area contributed by atoms with Crippen molar-refractivity contribution in [3.05, 3.63) is 23.8 Å². The van der Waals surface area contributed by atoms with Crippen LogP contribution in [0, 0.1) is 0 Å². The lowest BCUT2D eigenvalue weighted by molar-refractivity contribution is -0.145. The van der Waals surface area contributed by atoms with E-state index in [-0.39, 0.29) is 30.6 Å². The zero-order chi connectivity index (χ0) is 19.9. The highest BCUT2D eigenvalue weighted by atomic mass is 35.5. The molecule has 1 saturated carbocycles. The van der Waals surface area contributed by atoms with Gasteiger partial charge in [0.2, 0.25) is 0 Å². The summed E-state index contributed by atoms with van der Waals surface area (Å²) in [5.41, 5.74) is 1.18. The smallest absolute Gasteiger partial charge is 0.302 e. The standard InChI is InChI=1S/C22H33NO5.ClH/c1-16(24)28-18-10-12-23(15-18)19-6-4-5-7-20(19)27-13-11-17-8-9-21(25-2)22(14-17)26-3;/h8-9,14,18-20H,4-7,10-13,15H2,1-3H3;1H. The molecule has 3 rings (SSSR count). The molecule has 0 spiro atoms. The molecule has 0 bridgehead atoms. The highest BCUT2D eigenvalue weighted by molar-refractivity contribution is 5.85. The molecule has 1 saturated heterocycles. The first-order valence-electron chi connectivity index (χ1n) is 10.3. The van der Waals surface area contributed by atoms with Gasteiger partial charge in [0.15, 0.2) is 11.5 Å². The maximum Gasteiger partial charge on any atom is 0.302 e. The topological polar surface area (TPSA) is 57.2 Å². The van der Waals surface area contributed by atoms with Gasteiger partial charge in [-0.2, -0.15) is 0 Å². The van der Waals surface area contributed by atoms with E-state index in [2.05, 4.69) is 11.0 Å². The van der Waals surface area contributed by atoms with Crippen LogP contribution in [-0.4, -0.2) is 63.0 Å². The number of carbonyl (C=O) groups excluding carboxylic acids is 1. The van der Waals surface area contributed by atoms with Crippen LogP contribution in [0.2, 0.25) is 0 Å². The largest absolute Gasteiger partial charge is 0.493 e. The Kier molecular flexibility index (Phi) is 9.53. The number of rotatable bonds is 8. The van der Waals surface area contributed by atoms with Crippen LogP contribution in [0.5, 0.6) is 11.5 Å². The summed E-state index contributed by atoms with van der Waals surface area (Å²) in [6.07, 6.45) is 6.79. The van der Waals surface area contributed by atoms with Crippen LogP contribution in [-0.2, 0) is 20.7 Å². The maximum atomic E-state index is 11.2. The average Bonchev–Trinajstić information content (AvgIpc) is 3.15. The van der Waals surface area contributed by atoms with Crippen molar-refractivity contribution in [2.75, 3.05) is 33.9 Å². The van der Waals surface area contributed by atoms with Crippen molar-refractivity contribution in [1.82, 2.24) is 4.90 Å². The van der Waals surface area contributed by atoms with Gasteiger partial charge in [-0.15, -0.1) is 12.4 Å². The monoisotopic (exact) mass is 427 g/mol. The van der Waals surface area contributed by atoms with Crippen molar-refractivity contribution < 1.29 is 23.7 Å². The first-order valence-corrected chi connectivity index (χ1v) is 10.3. The van der Waals surface area contributed by atoms with E-state index >= 15 is 0 Å². The predicted molar refractivity (Wildman–Crippen MR) is 114 cm³/mol. The summed E-state index contributed by atoms with van der Waals surface area (Å²) in [5, 5.41) is 0. The zero-order valence-electron chi connectivity index (χ0n) is 17.7. The highest BCUT2D eigenvalue weighted by Crippen LogP contribution is 2.30. The second-order valence-corrected chi connectivity index (χ2v) is 7.72. The molecule has 2 aliphatic rings. The summed E-state index contributed by atoms with van der Waals surface area (Å²) in [7, 11) is 3.30. The number of hydrogen-bond donors (Lipinski definition) is 0. The van der Waals surface area contributed by atoms with E-state index in [0.717, 1.165) is 50.3 Å². The Morgan fingerprint density at radius 2 is 1.86 bits per heavy atom. The molecule has 1 heterocycles. The Morgan fingerprint density at radius 1 is 1.10 bits per heavy atom. The third-order valence-electron chi connectivity index (χ3n) is 5.82. The van der Waals surface area contributed by atoms with E-state index in [1.165, 1.54) is 25.3 Å². The highest BCUT2D eigenvalue weighted by Gasteiger charge is 2.36. The van der Waals surface area contributed by atoms with E-state index < -0.39 is 0 Å². The molecule has 3 unspecified atom stereocenters. The molecule has 7 heteroatoms. The Morgan fingerprint density at radius 3 is 2.59 bits per heavy atom.